The second kappa shape index (κ2) is 10.7. The van der Waals surface area contributed by atoms with Crippen LogP contribution in [0.2, 0.25) is 0 Å². The van der Waals surface area contributed by atoms with Crippen LogP contribution in [0.25, 0.3) is 11.0 Å². The molecule has 2 aromatic carbocycles. The number of thioether (sulfide) groups is 1. The molecule has 1 aliphatic heterocycles. The molecule has 3 aromatic rings. The third-order valence-electron chi connectivity index (χ3n) is 5.09. The number of carbonyl (C=O) groups excluding carboxylic acids is 2. The van der Waals surface area contributed by atoms with E-state index in [-0.39, 0.29) is 24.3 Å². The van der Waals surface area contributed by atoms with Crippen molar-refractivity contribution in [1.29, 1.82) is 0 Å². The van der Waals surface area contributed by atoms with Gasteiger partial charge in [0.05, 0.1) is 22.3 Å². The summed E-state index contributed by atoms with van der Waals surface area (Å²) in [5.74, 6) is -0.527. The smallest absolute Gasteiger partial charge is 0.338 e. The number of likely N-dealkylation sites (N-methyl/N-ethyl adjacent to an activating group) is 1. The summed E-state index contributed by atoms with van der Waals surface area (Å²) < 4.78 is 6.91. The SMILES string of the molecule is CCN(CC)CCOC(=O)c1ccc(N=NC2Sc3nc4ccccc4n3C2=O)cc1.Cl. The van der Waals surface area contributed by atoms with Gasteiger partial charge < -0.3 is 9.64 Å². The zero-order valence-corrected chi connectivity index (χ0v) is 19.4. The number of esters is 1. The lowest BCUT2D eigenvalue weighted by molar-refractivity contribution is 0.0466. The summed E-state index contributed by atoms with van der Waals surface area (Å²) in [6, 6.07) is 14.2. The molecule has 168 valence electrons. The molecule has 8 nitrogen and oxygen atoms in total. The number of hydrogen-bond acceptors (Lipinski definition) is 8. The van der Waals surface area contributed by atoms with Crippen LogP contribution in [0.15, 0.2) is 63.9 Å². The summed E-state index contributed by atoms with van der Waals surface area (Å²) in [4.78, 5) is 31.6. The van der Waals surface area contributed by atoms with E-state index in [9.17, 15) is 9.59 Å². The van der Waals surface area contributed by atoms with Crippen LogP contribution >= 0.6 is 24.2 Å². The number of nitrogens with zero attached hydrogens (tertiary/aromatic N) is 5. The number of azo groups is 1. The fourth-order valence-corrected chi connectivity index (χ4v) is 4.25. The minimum absolute atomic E-state index is 0. The van der Waals surface area contributed by atoms with Crippen LogP contribution in [0.1, 0.15) is 29.0 Å². The Hall–Kier alpha value is -2.75. The van der Waals surface area contributed by atoms with Crippen molar-refractivity contribution in [1.82, 2.24) is 14.5 Å². The number of imidazole rings is 1. The van der Waals surface area contributed by atoms with Gasteiger partial charge >= 0.3 is 5.97 Å². The maximum atomic E-state index is 12.7. The molecule has 0 fully saturated rings. The monoisotopic (exact) mass is 473 g/mol. The first kappa shape index (κ1) is 23.9. The van der Waals surface area contributed by atoms with Gasteiger partial charge in [-0.3, -0.25) is 9.36 Å². The largest absolute Gasteiger partial charge is 0.461 e. The van der Waals surface area contributed by atoms with Crippen LogP contribution < -0.4 is 0 Å². The van der Waals surface area contributed by atoms with Crippen LogP contribution in [0.5, 0.6) is 0 Å². The molecule has 0 saturated heterocycles. The van der Waals surface area contributed by atoms with E-state index in [0.29, 0.717) is 29.6 Å². The highest BCUT2D eigenvalue weighted by atomic mass is 35.5. The van der Waals surface area contributed by atoms with E-state index in [4.69, 9.17) is 4.74 Å². The van der Waals surface area contributed by atoms with Crippen LogP contribution in [0.4, 0.5) is 5.69 Å². The van der Waals surface area contributed by atoms with E-state index in [1.54, 1.807) is 28.8 Å². The molecule has 4 rings (SSSR count). The standard InChI is InChI=1S/C22H23N5O3S.ClH/c1-3-26(4-2)13-14-30-21(29)15-9-11-16(12-10-15)24-25-19-20(28)27-18-8-6-5-7-17(18)23-22(27)31-19;/h5-12,19H,3-4,13-14H2,1-2H3;1H. The van der Waals surface area contributed by atoms with Crippen molar-refractivity contribution in [2.75, 3.05) is 26.2 Å². The maximum absolute atomic E-state index is 12.7. The van der Waals surface area contributed by atoms with Gasteiger partial charge in [-0.2, -0.15) is 10.2 Å². The van der Waals surface area contributed by atoms with Gasteiger partial charge in [0.25, 0.3) is 5.91 Å². The molecule has 1 aliphatic rings. The van der Waals surface area contributed by atoms with Crippen molar-refractivity contribution >= 4 is 52.8 Å². The summed E-state index contributed by atoms with van der Waals surface area (Å²) in [5.41, 5.74) is 2.57. The Morgan fingerprint density at radius 3 is 2.59 bits per heavy atom. The van der Waals surface area contributed by atoms with E-state index in [1.807, 2.05) is 24.3 Å². The zero-order chi connectivity index (χ0) is 21.8. The Labute approximate surface area is 196 Å². The first-order chi connectivity index (χ1) is 15.1. The molecule has 0 radical (unpaired) electrons. The Bertz CT molecular complexity index is 1130. The van der Waals surface area contributed by atoms with E-state index in [0.717, 1.165) is 24.1 Å². The molecule has 1 unspecified atom stereocenters. The van der Waals surface area contributed by atoms with Crippen LogP contribution in [0, 0.1) is 0 Å². The highest BCUT2D eigenvalue weighted by molar-refractivity contribution is 8.00. The topological polar surface area (TPSA) is 89.2 Å². The molecule has 0 aliphatic carbocycles. The normalized spacial score (nSPS) is 15.3. The first-order valence-electron chi connectivity index (χ1n) is 10.2. The predicted molar refractivity (Wildman–Crippen MR) is 126 cm³/mol. The lowest BCUT2D eigenvalue weighted by Gasteiger charge is -2.17. The van der Waals surface area contributed by atoms with Gasteiger partial charge in [0.1, 0.15) is 6.61 Å². The van der Waals surface area contributed by atoms with Crippen molar-refractivity contribution < 1.29 is 14.3 Å². The first-order valence-corrected chi connectivity index (χ1v) is 11.1. The van der Waals surface area contributed by atoms with Crippen LogP contribution in [-0.2, 0) is 4.74 Å². The van der Waals surface area contributed by atoms with Gasteiger partial charge in [-0.05, 0) is 61.2 Å². The lowest BCUT2D eigenvalue weighted by atomic mass is 10.2. The zero-order valence-electron chi connectivity index (χ0n) is 17.8. The highest BCUT2D eigenvalue weighted by Crippen LogP contribution is 2.36. The molecule has 0 bridgehead atoms. The van der Waals surface area contributed by atoms with Crippen molar-refractivity contribution in [2.24, 2.45) is 10.2 Å². The Morgan fingerprint density at radius 2 is 1.88 bits per heavy atom. The van der Waals surface area contributed by atoms with Crippen molar-refractivity contribution in [3.8, 4) is 0 Å². The predicted octanol–water partition coefficient (Wildman–Crippen LogP) is 4.81. The van der Waals surface area contributed by atoms with Gasteiger partial charge in [0.2, 0.25) is 5.37 Å². The van der Waals surface area contributed by atoms with Gasteiger partial charge in [-0.25, -0.2) is 9.78 Å². The number of para-hydroxylation sites is 2. The fraction of sp³-hybridized carbons (Fsp3) is 0.318. The molecule has 2 heterocycles. The van der Waals surface area contributed by atoms with E-state index >= 15 is 0 Å². The van der Waals surface area contributed by atoms with Gasteiger partial charge in [-0.1, -0.05) is 26.0 Å². The molecule has 32 heavy (non-hydrogen) atoms. The second-order valence-corrected chi connectivity index (χ2v) is 8.00. The van der Waals surface area contributed by atoms with Gasteiger partial charge in [-0.15, -0.1) is 12.4 Å². The Kier molecular flexibility index (Phi) is 8.00. The minimum Gasteiger partial charge on any atom is -0.461 e. The summed E-state index contributed by atoms with van der Waals surface area (Å²) in [6.45, 7) is 7.07. The minimum atomic E-state index is -0.670. The van der Waals surface area contributed by atoms with E-state index < -0.39 is 5.37 Å². The number of halogens is 1. The molecular weight excluding hydrogens is 450 g/mol. The van der Waals surface area contributed by atoms with Gasteiger partial charge in [0.15, 0.2) is 5.16 Å². The maximum Gasteiger partial charge on any atom is 0.338 e. The van der Waals surface area contributed by atoms with Crippen molar-refractivity contribution in [3.05, 3.63) is 54.1 Å². The van der Waals surface area contributed by atoms with E-state index in [2.05, 4.69) is 34.0 Å². The van der Waals surface area contributed by atoms with Crippen molar-refractivity contribution in [2.45, 2.75) is 24.4 Å². The Balaban J connectivity index is 0.00000289. The molecule has 10 heteroatoms. The quantitative estimate of drug-likeness (QED) is 0.344. The number of benzene rings is 2. The molecule has 0 N–H and O–H groups in total. The lowest BCUT2D eigenvalue weighted by Crippen LogP contribution is -2.27. The number of ether oxygens (including phenoxy) is 1. The third-order valence-corrected chi connectivity index (χ3v) is 6.10. The van der Waals surface area contributed by atoms with Gasteiger partial charge in [0, 0.05) is 6.54 Å². The fourth-order valence-electron chi connectivity index (χ4n) is 3.30. The van der Waals surface area contributed by atoms with E-state index in [1.165, 1.54) is 11.8 Å². The summed E-state index contributed by atoms with van der Waals surface area (Å²) in [7, 11) is 0. The average molecular weight is 474 g/mol. The number of rotatable bonds is 8. The average Bonchev–Trinajstić information content (AvgIpc) is 3.31. The Morgan fingerprint density at radius 1 is 1.16 bits per heavy atom. The molecule has 1 aromatic heterocycles. The van der Waals surface area contributed by atoms with Crippen LogP contribution in [-0.4, -0.2) is 57.9 Å². The highest BCUT2D eigenvalue weighted by Gasteiger charge is 2.34. The second-order valence-electron chi connectivity index (χ2n) is 6.95. The molecule has 0 spiro atoms. The number of carbonyl (C=O) groups is 2. The molecular formula is C22H24ClN5O3S. The summed E-state index contributed by atoms with van der Waals surface area (Å²) in [5, 5.41) is 8.31. The molecule has 1 atom stereocenters. The third kappa shape index (κ3) is 5.01. The number of hydrogen-bond donors (Lipinski definition) is 0. The number of aromatic nitrogens is 2. The number of fused-ring (bicyclic) bond motifs is 3. The molecule has 0 saturated carbocycles. The van der Waals surface area contributed by atoms with Crippen molar-refractivity contribution in [3.63, 3.8) is 0 Å². The summed E-state index contributed by atoms with van der Waals surface area (Å²) in [6.07, 6.45) is 0. The molecule has 0 amide bonds. The van der Waals surface area contributed by atoms with Crippen LogP contribution in [0.3, 0.4) is 0 Å². The summed E-state index contributed by atoms with van der Waals surface area (Å²) >= 11 is 1.28.